The van der Waals surface area contributed by atoms with Crippen molar-refractivity contribution in [2.24, 2.45) is 12.0 Å². The highest BCUT2D eigenvalue weighted by Crippen LogP contribution is 2.21. The topological polar surface area (TPSA) is 64.3 Å². The average molecular weight is 331 g/mol. The van der Waals surface area contributed by atoms with Gasteiger partial charge in [-0.3, -0.25) is 4.99 Å². The van der Waals surface area contributed by atoms with Gasteiger partial charge in [0.25, 0.3) is 0 Å². The fourth-order valence-corrected chi connectivity index (χ4v) is 2.32. The van der Waals surface area contributed by atoms with E-state index in [1.54, 1.807) is 6.33 Å². The highest BCUT2D eigenvalue weighted by Gasteiger charge is 2.21. The zero-order chi connectivity index (χ0) is 18.1. The molecule has 0 bridgehead atoms. The summed E-state index contributed by atoms with van der Waals surface area (Å²) in [5, 5.41) is 3.39. The first kappa shape index (κ1) is 19.8. The zero-order valence-corrected chi connectivity index (χ0v) is 15.5. The molecule has 0 aromatic carbocycles. The smallest absolute Gasteiger partial charge is 0.171 e. The van der Waals surface area contributed by atoms with Crippen molar-refractivity contribution in [3.05, 3.63) is 30.7 Å². The van der Waals surface area contributed by atoms with Crippen molar-refractivity contribution in [2.45, 2.75) is 53.0 Å². The van der Waals surface area contributed by atoms with Crippen LogP contribution in [-0.4, -0.2) is 39.6 Å². The molecule has 0 fully saturated rings. The summed E-state index contributed by atoms with van der Waals surface area (Å²) in [6, 6.07) is 1.80. The SMILES string of the molecule is C=NC(OC(C)C)C(/C=C\C)Nc1ncnc2ccn(C)c12.CC. The first-order chi connectivity index (χ1) is 11.6. The van der Waals surface area contributed by atoms with Crippen LogP contribution in [0.25, 0.3) is 11.0 Å². The van der Waals surface area contributed by atoms with E-state index in [4.69, 9.17) is 4.74 Å². The standard InChI is InChI=1S/C16H23N5O.C2H6/c1-6-7-13(16(17-4)22-11(2)3)20-15-14-12(18-10-19-15)8-9-21(14)5;1-2/h6-11,13,16H,4H2,1-3,5H3,(H,18,19,20);1-2H3/b7-6-;. The number of hydrogen-bond acceptors (Lipinski definition) is 5. The lowest BCUT2D eigenvalue weighted by molar-refractivity contribution is 0.0105. The van der Waals surface area contributed by atoms with E-state index in [0.717, 1.165) is 16.9 Å². The lowest BCUT2D eigenvalue weighted by Crippen LogP contribution is -2.35. The number of anilines is 1. The molecule has 2 atom stereocenters. The molecule has 6 nitrogen and oxygen atoms in total. The number of aliphatic imine (C=N–C) groups is 1. The molecule has 0 saturated heterocycles. The Kier molecular flexibility index (Phi) is 8.12. The van der Waals surface area contributed by atoms with Gasteiger partial charge in [-0.05, 0) is 33.6 Å². The van der Waals surface area contributed by atoms with Gasteiger partial charge in [-0.1, -0.05) is 26.0 Å². The number of allylic oxidation sites excluding steroid dienone is 1. The second-order valence-corrected chi connectivity index (χ2v) is 5.34. The number of fused-ring (bicyclic) bond motifs is 1. The van der Waals surface area contributed by atoms with E-state index >= 15 is 0 Å². The molecule has 0 spiro atoms. The van der Waals surface area contributed by atoms with Crippen LogP contribution < -0.4 is 5.32 Å². The highest BCUT2D eigenvalue weighted by atomic mass is 16.5. The predicted octanol–water partition coefficient (Wildman–Crippen LogP) is 3.80. The average Bonchev–Trinajstić information content (AvgIpc) is 2.96. The van der Waals surface area contributed by atoms with Crippen LogP contribution in [0.1, 0.15) is 34.6 Å². The predicted molar refractivity (Wildman–Crippen MR) is 102 cm³/mol. The Labute approximate surface area is 144 Å². The van der Waals surface area contributed by atoms with E-state index in [1.807, 2.05) is 70.6 Å². The second-order valence-electron chi connectivity index (χ2n) is 5.34. The summed E-state index contributed by atoms with van der Waals surface area (Å²) >= 11 is 0. The zero-order valence-electron chi connectivity index (χ0n) is 15.5. The minimum Gasteiger partial charge on any atom is -0.357 e. The number of aromatic nitrogens is 3. The maximum Gasteiger partial charge on any atom is 0.171 e. The van der Waals surface area contributed by atoms with Crippen LogP contribution in [0.2, 0.25) is 0 Å². The number of hydrogen-bond donors (Lipinski definition) is 1. The van der Waals surface area contributed by atoms with Gasteiger partial charge in [-0.15, -0.1) is 0 Å². The van der Waals surface area contributed by atoms with Gasteiger partial charge in [0.2, 0.25) is 0 Å². The molecule has 132 valence electrons. The molecular weight excluding hydrogens is 302 g/mol. The van der Waals surface area contributed by atoms with Crippen molar-refractivity contribution in [2.75, 3.05) is 5.32 Å². The number of ether oxygens (including phenoxy) is 1. The Morgan fingerprint density at radius 3 is 2.62 bits per heavy atom. The van der Waals surface area contributed by atoms with Gasteiger partial charge in [-0.25, -0.2) is 9.97 Å². The molecule has 2 unspecified atom stereocenters. The summed E-state index contributed by atoms with van der Waals surface area (Å²) in [6.07, 6.45) is 7.15. The van der Waals surface area contributed by atoms with Crippen LogP contribution in [-0.2, 0) is 11.8 Å². The summed E-state index contributed by atoms with van der Waals surface area (Å²) < 4.78 is 7.81. The van der Waals surface area contributed by atoms with Gasteiger partial charge in [0.15, 0.2) is 12.0 Å². The minimum absolute atomic E-state index is 0.0607. The van der Waals surface area contributed by atoms with Crippen molar-refractivity contribution >= 4 is 23.6 Å². The van der Waals surface area contributed by atoms with Crippen LogP contribution in [0.3, 0.4) is 0 Å². The van der Waals surface area contributed by atoms with Gasteiger partial charge in [0.05, 0.1) is 17.7 Å². The Balaban J connectivity index is 0.00000139. The third-order valence-corrected chi connectivity index (χ3v) is 3.26. The van der Waals surface area contributed by atoms with E-state index in [0.29, 0.717) is 0 Å². The van der Waals surface area contributed by atoms with Crippen LogP contribution in [0, 0.1) is 0 Å². The molecule has 0 aliphatic rings. The minimum atomic E-state index is -0.388. The summed E-state index contributed by atoms with van der Waals surface area (Å²) in [5.41, 5.74) is 1.84. The summed E-state index contributed by atoms with van der Waals surface area (Å²) in [4.78, 5) is 12.7. The Morgan fingerprint density at radius 1 is 1.33 bits per heavy atom. The van der Waals surface area contributed by atoms with Gasteiger partial charge in [0.1, 0.15) is 11.8 Å². The van der Waals surface area contributed by atoms with Crippen LogP contribution in [0.5, 0.6) is 0 Å². The first-order valence-electron chi connectivity index (χ1n) is 8.33. The van der Waals surface area contributed by atoms with E-state index in [9.17, 15) is 0 Å². The van der Waals surface area contributed by atoms with E-state index in [1.165, 1.54) is 0 Å². The lowest BCUT2D eigenvalue weighted by atomic mass is 10.2. The molecule has 0 saturated carbocycles. The molecule has 6 heteroatoms. The summed E-state index contributed by atoms with van der Waals surface area (Å²) in [7, 11) is 1.97. The van der Waals surface area contributed by atoms with Crippen molar-refractivity contribution < 1.29 is 4.74 Å². The summed E-state index contributed by atoms with van der Waals surface area (Å²) in [5.74, 6) is 0.751. The third kappa shape index (κ3) is 4.89. The summed E-state index contributed by atoms with van der Waals surface area (Å²) in [6.45, 7) is 13.6. The molecule has 2 aromatic rings. The molecule has 0 amide bonds. The van der Waals surface area contributed by atoms with E-state index in [2.05, 4.69) is 27.0 Å². The Morgan fingerprint density at radius 2 is 2.04 bits per heavy atom. The van der Waals surface area contributed by atoms with E-state index < -0.39 is 0 Å². The molecule has 0 aliphatic carbocycles. The van der Waals surface area contributed by atoms with Gasteiger partial charge < -0.3 is 14.6 Å². The molecule has 2 heterocycles. The van der Waals surface area contributed by atoms with Crippen LogP contribution in [0.4, 0.5) is 5.82 Å². The number of rotatable bonds is 7. The number of nitrogens with one attached hydrogen (secondary N) is 1. The number of aryl methyl sites for hydroxylation is 1. The maximum absolute atomic E-state index is 5.82. The third-order valence-electron chi connectivity index (χ3n) is 3.26. The van der Waals surface area contributed by atoms with Crippen LogP contribution in [0.15, 0.2) is 35.7 Å². The van der Waals surface area contributed by atoms with Crippen LogP contribution >= 0.6 is 0 Å². The van der Waals surface area contributed by atoms with Crippen molar-refractivity contribution in [1.29, 1.82) is 0 Å². The molecular formula is C18H29N5O. The number of nitrogens with zero attached hydrogens (tertiary/aromatic N) is 4. The Hall–Kier alpha value is -2.21. The van der Waals surface area contributed by atoms with Gasteiger partial charge in [0, 0.05) is 13.2 Å². The second kappa shape index (κ2) is 9.82. The lowest BCUT2D eigenvalue weighted by Gasteiger charge is -2.25. The van der Waals surface area contributed by atoms with Crippen molar-refractivity contribution in [1.82, 2.24) is 14.5 Å². The fraction of sp³-hybridized carbons (Fsp3) is 0.500. The fourth-order valence-electron chi connectivity index (χ4n) is 2.32. The molecule has 2 aromatic heterocycles. The van der Waals surface area contributed by atoms with Gasteiger partial charge >= 0.3 is 0 Å². The Bertz CT molecular complexity index is 662. The van der Waals surface area contributed by atoms with Crippen molar-refractivity contribution in [3.8, 4) is 0 Å². The maximum atomic E-state index is 5.82. The monoisotopic (exact) mass is 331 g/mol. The molecule has 2 rings (SSSR count). The normalized spacial score (nSPS) is 13.6. The quantitative estimate of drug-likeness (QED) is 0.619. The van der Waals surface area contributed by atoms with Crippen molar-refractivity contribution in [3.63, 3.8) is 0 Å². The van der Waals surface area contributed by atoms with Gasteiger partial charge in [-0.2, -0.15) is 0 Å². The van der Waals surface area contributed by atoms with E-state index in [-0.39, 0.29) is 18.4 Å². The molecule has 24 heavy (non-hydrogen) atoms. The molecule has 1 N–H and O–H groups in total. The largest absolute Gasteiger partial charge is 0.357 e. The molecule has 0 radical (unpaired) electrons. The molecule has 0 aliphatic heterocycles. The highest BCUT2D eigenvalue weighted by molar-refractivity contribution is 5.86. The first-order valence-corrected chi connectivity index (χ1v) is 8.33.